The highest BCUT2D eigenvalue weighted by Crippen LogP contribution is 2.28. The lowest BCUT2D eigenvalue weighted by Gasteiger charge is -2.33. The Morgan fingerprint density at radius 2 is 1.13 bits per heavy atom. The number of hydrogen-bond acceptors (Lipinski definition) is 1. The van der Waals surface area contributed by atoms with Crippen molar-refractivity contribution in [2.24, 2.45) is 0 Å². The molecule has 0 saturated heterocycles. The summed E-state index contributed by atoms with van der Waals surface area (Å²) in [5.74, 6) is 0. The maximum absolute atomic E-state index is 13.5. The molecule has 0 heterocycles. The van der Waals surface area contributed by atoms with Crippen LogP contribution in [0.4, 0.5) is 10.5 Å². The molecule has 1 unspecified atom stereocenters. The molecule has 1 atom stereocenters. The van der Waals surface area contributed by atoms with Crippen LogP contribution in [-0.2, 0) is 13.0 Å². The van der Waals surface area contributed by atoms with Gasteiger partial charge in [0.15, 0.2) is 0 Å². The third-order valence-corrected chi connectivity index (χ3v) is 5.31. The molecule has 1 N–H and O–H groups in total. The molecule has 4 rings (SSSR count). The quantitative estimate of drug-likeness (QED) is 0.364. The first-order chi connectivity index (χ1) is 15.3. The highest BCUT2D eigenvalue weighted by atomic mass is 16.2. The van der Waals surface area contributed by atoms with Crippen molar-refractivity contribution in [3.8, 4) is 0 Å². The van der Waals surface area contributed by atoms with Gasteiger partial charge in [-0.05, 0) is 35.2 Å². The Bertz CT molecular complexity index is 1070. The van der Waals surface area contributed by atoms with Gasteiger partial charge >= 0.3 is 6.03 Å². The molecule has 0 spiro atoms. The third kappa shape index (κ3) is 5.61. The van der Waals surface area contributed by atoms with E-state index >= 15 is 0 Å². The Hall–Kier alpha value is -3.85. The minimum Gasteiger partial charge on any atom is -0.313 e. The number of nitrogens with one attached hydrogen (secondary N) is 1. The fourth-order valence-corrected chi connectivity index (χ4v) is 3.74. The van der Waals surface area contributed by atoms with Crippen LogP contribution in [0.1, 0.15) is 22.7 Å². The lowest BCUT2D eigenvalue weighted by atomic mass is 9.97. The Balaban J connectivity index is 1.70. The molecule has 0 saturated carbocycles. The van der Waals surface area contributed by atoms with E-state index in [0.717, 1.165) is 23.2 Å². The van der Waals surface area contributed by atoms with Crippen molar-refractivity contribution in [2.75, 3.05) is 5.32 Å². The molecule has 0 fully saturated rings. The second-order valence-corrected chi connectivity index (χ2v) is 7.53. The van der Waals surface area contributed by atoms with Crippen molar-refractivity contribution in [1.82, 2.24) is 4.90 Å². The van der Waals surface area contributed by atoms with Crippen LogP contribution >= 0.6 is 0 Å². The smallest absolute Gasteiger partial charge is 0.313 e. The van der Waals surface area contributed by atoms with E-state index in [2.05, 4.69) is 41.7 Å². The van der Waals surface area contributed by atoms with E-state index in [1.165, 1.54) is 5.56 Å². The lowest BCUT2D eigenvalue weighted by Crippen LogP contribution is -2.38. The van der Waals surface area contributed by atoms with Crippen LogP contribution < -0.4 is 5.32 Å². The Kier molecular flexibility index (Phi) is 6.76. The highest BCUT2D eigenvalue weighted by Gasteiger charge is 2.26. The SMILES string of the molecule is O=C(Nc1ccccc1)N(Cc1ccccc1)C(Cc1ccccc1)c1ccccc1. The number of rotatable bonds is 7. The molecule has 0 aliphatic heterocycles. The molecule has 2 amide bonds. The molecule has 3 nitrogen and oxygen atoms in total. The number of nitrogens with zero attached hydrogens (tertiary/aromatic N) is 1. The van der Waals surface area contributed by atoms with Crippen LogP contribution in [0.25, 0.3) is 0 Å². The summed E-state index contributed by atoms with van der Waals surface area (Å²) in [6.07, 6.45) is 0.736. The molecular weight excluding hydrogens is 380 g/mol. The molecule has 0 aliphatic rings. The molecule has 154 valence electrons. The van der Waals surface area contributed by atoms with Crippen molar-refractivity contribution in [3.05, 3.63) is 138 Å². The largest absolute Gasteiger partial charge is 0.322 e. The lowest BCUT2D eigenvalue weighted by molar-refractivity contribution is 0.183. The van der Waals surface area contributed by atoms with Gasteiger partial charge in [0.2, 0.25) is 0 Å². The summed E-state index contributed by atoms with van der Waals surface area (Å²) >= 11 is 0. The van der Waals surface area contributed by atoms with E-state index in [4.69, 9.17) is 0 Å². The van der Waals surface area contributed by atoms with Crippen LogP contribution in [0.3, 0.4) is 0 Å². The molecule has 0 radical (unpaired) electrons. The molecule has 0 bridgehead atoms. The average molecular weight is 407 g/mol. The first kappa shape index (κ1) is 20.4. The first-order valence-corrected chi connectivity index (χ1v) is 10.5. The molecule has 0 aliphatic carbocycles. The van der Waals surface area contributed by atoms with E-state index in [9.17, 15) is 4.79 Å². The Labute approximate surface area is 184 Å². The zero-order valence-electron chi connectivity index (χ0n) is 17.4. The third-order valence-electron chi connectivity index (χ3n) is 5.31. The fraction of sp³-hybridized carbons (Fsp3) is 0.107. The van der Waals surface area contributed by atoms with Gasteiger partial charge in [0.1, 0.15) is 0 Å². The van der Waals surface area contributed by atoms with Gasteiger partial charge in [-0.3, -0.25) is 0 Å². The van der Waals surface area contributed by atoms with Gasteiger partial charge in [-0.2, -0.15) is 0 Å². The van der Waals surface area contributed by atoms with Gasteiger partial charge in [-0.25, -0.2) is 4.79 Å². The zero-order chi connectivity index (χ0) is 21.3. The summed E-state index contributed by atoms with van der Waals surface area (Å²) in [4.78, 5) is 15.5. The van der Waals surface area contributed by atoms with Gasteiger partial charge in [-0.1, -0.05) is 109 Å². The molecule has 0 aromatic heterocycles. The number of amides is 2. The van der Waals surface area contributed by atoms with Crippen LogP contribution in [0.5, 0.6) is 0 Å². The fourth-order valence-electron chi connectivity index (χ4n) is 3.74. The average Bonchev–Trinajstić information content (AvgIpc) is 2.84. The van der Waals surface area contributed by atoms with E-state index in [1.807, 2.05) is 89.8 Å². The number of benzene rings is 4. The van der Waals surface area contributed by atoms with Crippen LogP contribution in [-0.4, -0.2) is 10.9 Å². The van der Waals surface area contributed by atoms with E-state index < -0.39 is 0 Å². The summed E-state index contributed by atoms with van der Waals surface area (Å²) in [6.45, 7) is 0.520. The number of anilines is 1. The number of carbonyl (C=O) groups excluding carboxylic acids is 1. The second kappa shape index (κ2) is 10.3. The Morgan fingerprint density at radius 3 is 1.71 bits per heavy atom. The highest BCUT2D eigenvalue weighted by molar-refractivity contribution is 5.89. The predicted molar refractivity (Wildman–Crippen MR) is 127 cm³/mol. The normalized spacial score (nSPS) is 11.5. The van der Waals surface area contributed by atoms with Gasteiger partial charge < -0.3 is 10.2 Å². The van der Waals surface area contributed by atoms with Gasteiger partial charge in [-0.15, -0.1) is 0 Å². The topological polar surface area (TPSA) is 32.3 Å². The van der Waals surface area contributed by atoms with Crippen molar-refractivity contribution in [3.63, 3.8) is 0 Å². The summed E-state index contributed by atoms with van der Waals surface area (Å²) in [6, 6.07) is 40.2. The maximum atomic E-state index is 13.5. The van der Waals surface area contributed by atoms with E-state index in [-0.39, 0.29) is 12.1 Å². The van der Waals surface area contributed by atoms with Crippen LogP contribution in [0, 0.1) is 0 Å². The first-order valence-electron chi connectivity index (χ1n) is 10.5. The summed E-state index contributed by atoms with van der Waals surface area (Å²) in [5, 5.41) is 3.09. The predicted octanol–water partition coefficient (Wildman–Crippen LogP) is 6.70. The number of para-hydroxylation sites is 1. The van der Waals surface area contributed by atoms with Crippen LogP contribution in [0.2, 0.25) is 0 Å². The minimum absolute atomic E-state index is 0.104. The molecule has 3 heteroatoms. The summed E-state index contributed by atoms with van der Waals surface area (Å²) < 4.78 is 0. The number of hydrogen-bond donors (Lipinski definition) is 1. The molecule has 4 aromatic carbocycles. The van der Waals surface area contributed by atoms with Gasteiger partial charge in [0.05, 0.1) is 6.04 Å². The van der Waals surface area contributed by atoms with Crippen molar-refractivity contribution >= 4 is 11.7 Å². The van der Waals surface area contributed by atoms with Gasteiger partial charge in [0.25, 0.3) is 0 Å². The number of carbonyl (C=O) groups is 1. The molecular formula is C28H26N2O. The summed E-state index contributed by atoms with van der Waals surface area (Å²) in [7, 11) is 0. The Morgan fingerprint density at radius 1 is 0.645 bits per heavy atom. The number of urea groups is 1. The second-order valence-electron chi connectivity index (χ2n) is 7.53. The van der Waals surface area contributed by atoms with Crippen molar-refractivity contribution < 1.29 is 4.79 Å². The van der Waals surface area contributed by atoms with E-state index in [1.54, 1.807) is 0 Å². The molecule has 31 heavy (non-hydrogen) atoms. The van der Waals surface area contributed by atoms with Gasteiger partial charge in [0, 0.05) is 12.2 Å². The maximum Gasteiger partial charge on any atom is 0.322 e. The van der Waals surface area contributed by atoms with E-state index in [0.29, 0.717) is 6.54 Å². The summed E-state index contributed by atoms with van der Waals surface area (Å²) in [5.41, 5.74) is 4.20. The van der Waals surface area contributed by atoms with Crippen molar-refractivity contribution in [2.45, 2.75) is 19.0 Å². The monoisotopic (exact) mass is 406 g/mol. The minimum atomic E-state index is -0.111. The zero-order valence-corrected chi connectivity index (χ0v) is 17.4. The van der Waals surface area contributed by atoms with Crippen LogP contribution in [0.15, 0.2) is 121 Å². The van der Waals surface area contributed by atoms with Crippen molar-refractivity contribution in [1.29, 1.82) is 0 Å². The molecule has 4 aromatic rings. The standard InChI is InChI=1S/C28H26N2O/c31-28(29-26-19-11-4-12-20-26)30(22-24-15-7-2-8-16-24)27(25-17-9-3-10-18-25)21-23-13-5-1-6-14-23/h1-20,27H,21-22H2,(H,29,31).